The molecule has 1 heterocycles. The van der Waals surface area contributed by atoms with Gasteiger partial charge in [0.15, 0.2) is 0 Å². The molecule has 0 radical (unpaired) electrons. The van der Waals surface area contributed by atoms with Gasteiger partial charge in [0.2, 0.25) is 5.88 Å². The van der Waals surface area contributed by atoms with Crippen LogP contribution in [0.5, 0.6) is 0 Å². The molecule has 0 unspecified atom stereocenters. The van der Waals surface area contributed by atoms with Crippen molar-refractivity contribution in [3.8, 4) is 0 Å². The number of nitrogens with one attached hydrogen (secondary N) is 1. The zero-order valence-electron chi connectivity index (χ0n) is 18.6. The Labute approximate surface area is 201 Å². The number of nitrogens with two attached hydrogens (primary N) is 2. The van der Waals surface area contributed by atoms with E-state index in [4.69, 9.17) is 27.8 Å². The molecular weight excluding hydrogens is 460 g/mol. The summed E-state index contributed by atoms with van der Waals surface area (Å²) in [5.41, 5.74) is 12.5. The average Bonchev–Trinajstić information content (AvgIpc) is 3.56. The number of aromatic nitrogens is 1. The fourth-order valence-electron chi connectivity index (χ4n) is 3.79. The van der Waals surface area contributed by atoms with E-state index < -0.39 is 11.5 Å². The lowest BCUT2D eigenvalue weighted by atomic mass is 10.00. The molecule has 2 aliphatic carbocycles. The van der Waals surface area contributed by atoms with Crippen LogP contribution in [0, 0.1) is 0 Å². The van der Waals surface area contributed by atoms with Crippen LogP contribution in [0.2, 0.25) is 5.02 Å². The molecule has 0 aliphatic heterocycles. The molecule has 4 rings (SSSR count). The first-order valence-corrected chi connectivity index (χ1v) is 12.3. The van der Waals surface area contributed by atoms with Gasteiger partial charge in [0.05, 0.1) is 4.75 Å². The monoisotopic (exact) mass is 488 g/mol. The maximum absolute atomic E-state index is 13.0. The molecule has 0 spiro atoms. The number of hydrogen-bond acceptors (Lipinski definition) is 6. The number of amides is 1. The van der Waals surface area contributed by atoms with Gasteiger partial charge in [0, 0.05) is 35.3 Å². The van der Waals surface area contributed by atoms with Crippen molar-refractivity contribution in [3.05, 3.63) is 67.4 Å². The Bertz CT molecular complexity index is 1220. The van der Waals surface area contributed by atoms with E-state index >= 15 is 0 Å². The van der Waals surface area contributed by atoms with Crippen molar-refractivity contribution in [1.82, 2.24) is 9.88 Å². The van der Waals surface area contributed by atoms with Gasteiger partial charge in [0.25, 0.3) is 11.5 Å². The average molecular weight is 489 g/mol. The van der Waals surface area contributed by atoms with Gasteiger partial charge in [-0.1, -0.05) is 30.2 Å². The number of carbonyl (C=O) groups excluding carboxylic acids is 1. The van der Waals surface area contributed by atoms with Crippen molar-refractivity contribution >= 4 is 41.4 Å². The predicted octanol–water partition coefficient (Wildman–Crippen LogP) is 1.52. The third-order valence-corrected chi connectivity index (χ3v) is 8.32. The summed E-state index contributed by atoms with van der Waals surface area (Å²) in [6.07, 6.45) is 7.41. The third kappa shape index (κ3) is 5.33. The Kier molecular flexibility index (Phi) is 6.95. The Morgan fingerprint density at radius 2 is 2.03 bits per heavy atom. The topological polar surface area (TPSA) is 112 Å². The fraction of sp³-hybridized carbons (Fsp3) is 0.417. The van der Waals surface area contributed by atoms with E-state index in [1.165, 1.54) is 36.1 Å². The molecule has 2 fully saturated rings. The van der Waals surface area contributed by atoms with Gasteiger partial charge >= 0.3 is 0 Å². The minimum atomic E-state index is -0.492. The standard InChI is InChI=1S/C24H29ClN4O3S/c1-29-20(21(27)32-14-24(9-10-24)33-18-3-2-4-18)16(12-26)11-19(23(29)31)22(30)28-13-15-5-7-17(25)8-6-15/h5-8,11-12,18H,2-4,9-10,13-14,26-27H2,1H3,(H,28,30)/b16-12-,21-20-. The Hall–Kier alpha value is -2.58. The highest BCUT2D eigenvalue weighted by molar-refractivity contribution is 8.01. The van der Waals surface area contributed by atoms with Crippen LogP contribution in [-0.4, -0.2) is 27.1 Å². The predicted molar refractivity (Wildman–Crippen MR) is 133 cm³/mol. The van der Waals surface area contributed by atoms with Crippen molar-refractivity contribution in [3.63, 3.8) is 0 Å². The van der Waals surface area contributed by atoms with Crippen LogP contribution >= 0.6 is 23.4 Å². The molecule has 2 aliphatic rings. The van der Waals surface area contributed by atoms with Crippen LogP contribution < -0.4 is 32.9 Å². The molecule has 0 bridgehead atoms. The molecule has 5 N–H and O–H groups in total. The molecule has 9 heteroatoms. The minimum absolute atomic E-state index is 0.0149. The summed E-state index contributed by atoms with van der Waals surface area (Å²) in [7, 11) is 1.56. The van der Waals surface area contributed by atoms with Crippen molar-refractivity contribution in [2.45, 2.75) is 48.6 Å². The van der Waals surface area contributed by atoms with E-state index in [1.807, 2.05) is 23.9 Å². The van der Waals surface area contributed by atoms with Crippen LogP contribution in [0.3, 0.4) is 0 Å². The van der Waals surface area contributed by atoms with Gasteiger partial charge in [-0.05, 0) is 49.4 Å². The van der Waals surface area contributed by atoms with Crippen molar-refractivity contribution in [2.75, 3.05) is 6.61 Å². The molecule has 7 nitrogen and oxygen atoms in total. The number of ether oxygens (including phenoxy) is 1. The number of pyridine rings is 1. The summed E-state index contributed by atoms with van der Waals surface area (Å²) in [5.74, 6) is -0.353. The van der Waals surface area contributed by atoms with E-state index in [0.717, 1.165) is 23.7 Å². The SMILES string of the molecule is Cn1c(=O)c(C(=O)NCc2ccc(Cl)cc2)cc(=C/N)/c1=C(\N)OCC1(SC2CCC2)CC1. The zero-order chi connectivity index (χ0) is 23.6. The summed E-state index contributed by atoms with van der Waals surface area (Å²) in [5, 5.41) is 4.94. The van der Waals surface area contributed by atoms with Crippen LogP contribution in [0.1, 0.15) is 48.0 Å². The van der Waals surface area contributed by atoms with Gasteiger partial charge in [-0.3, -0.25) is 9.59 Å². The van der Waals surface area contributed by atoms with Crippen LogP contribution in [0.15, 0.2) is 35.1 Å². The maximum atomic E-state index is 13.0. The third-order valence-electron chi connectivity index (χ3n) is 6.23. The molecule has 33 heavy (non-hydrogen) atoms. The first kappa shape index (κ1) is 23.6. The largest absolute Gasteiger partial charge is 0.476 e. The van der Waals surface area contributed by atoms with E-state index in [2.05, 4.69) is 5.32 Å². The van der Waals surface area contributed by atoms with Crippen LogP contribution in [0.25, 0.3) is 12.1 Å². The van der Waals surface area contributed by atoms with Crippen LogP contribution in [-0.2, 0) is 18.3 Å². The molecule has 0 atom stereocenters. The minimum Gasteiger partial charge on any atom is -0.476 e. The molecule has 2 saturated carbocycles. The lowest BCUT2D eigenvalue weighted by Crippen LogP contribution is -2.48. The second-order valence-corrected chi connectivity index (χ2v) is 10.9. The number of rotatable bonds is 8. The summed E-state index contributed by atoms with van der Waals surface area (Å²) >= 11 is 7.90. The number of benzene rings is 1. The van der Waals surface area contributed by atoms with Gasteiger partial charge in [-0.15, -0.1) is 11.8 Å². The van der Waals surface area contributed by atoms with E-state index in [9.17, 15) is 9.59 Å². The highest BCUT2D eigenvalue weighted by Gasteiger charge is 2.47. The van der Waals surface area contributed by atoms with E-state index in [-0.39, 0.29) is 22.7 Å². The number of nitrogens with zero attached hydrogens (tertiary/aromatic N) is 1. The normalized spacial score (nSPS) is 18.4. The number of halogens is 1. The van der Waals surface area contributed by atoms with Gasteiger partial charge in [-0.25, -0.2) is 0 Å². The summed E-state index contributed by atoms with van der Waals surface area (Å²) in [6.45, 7) is 0.766. The second kappa shape index (κ2) is 9.73. The highest BCUT2D eigenvalue weighted by atomic mass is 35.5. The van der Waals surface area contributed by atoms with Crippen LogP contribution in [0.4, 0.5) is 0 Å². The van der Waals surface area contributed by atoms with Gasteiger partial charge in [-0.2, -0.15) is 0 Å². The van der Waals surface area contributed by atoms with Gasteiger partial charge in [0.1, 0.15) is 17.5 Å². The Morgan fingerprint density at radius 3 is 2.61 bits per heavy atom. The number of carbonyl (C=O) groups is 1. The lowest BCUT2D eigenvalue weighted by Gasteiger charge is -2.29. The fourth-order valence-corrected chi connectivity index (χ4v) is 5.66. The molecule has 0 saturated heterocycles. The zero-order valence-corrected chi connectivity index (χ0v) is 20.2. The Balaban J connectivity index is 1.53. The molecule has 1 amide bonds. The van der Waals surface area contributed by atoms with Crippen molar-refractivity contribution in [2.24, 2.45) is 18.5 Å². The smallest absolute Gasteiger partial charge is 0.263 e. The molecular formula is C24H29ClN4O3S. The molecule has 176 valence electrons. The van der Waals surface area contributed by atoms with Crippen molar-refractivity contribution in [1.29, 1.82) is 0 Å². The van der Waals surface area contributed by atoms with E-state index in [0.29, 0.717) is 22.2 Å². The first-order valence-electron chi connectivity index (χ1n) is 11.1. The lowest BCUT2D eigenvalue weighted by molar-refractivity contribution is 0.0948. The first-order chi connectivity index (χ1) is 15.8. The number of hydrogen-bond donors (Lipinski definition) is 3. The highest BCUT2D eigenvalue weighted by Crippen LogP contribution is 2.53. The molecule has 1 aromatic carbocycles. The van der Waals surface area contributed by atoms with Gasteiger partial charge < -0.3 is 26.1 Å². The summed E-state index contributed by atoms with van der Waals surface area (Å²) < 4.78 is 7.40. The summed E-state index contributed by atoms with van der Waals surface area (Å²) in [4.78, 5) is 25.7. The van der Waals surface area contributed by atoms with Crippen molar-refractivity contribution < 1.29 is 9.53 Å². The second-order valence-electron chi connectivity index (χ2n) is 8.71. The summed E-state index contributed by atoms with van der Waals surface area (Å²) in [6, 6.07) is 8.57. The number of thioether (sulfide) groups is 1. The molecule has 2 aromatic rings. The quantitative estimate of drug-likeness (QED) is 0.519. The Morgan fingerprint density at radius 1 is 1.33 bits per heavy atom. The molecule has 1 aromatic heterocycles. The maximum Gasteiger partial charge on any atom is 0.263 e. The van der Waals surface area contributed by atoms with E-state index in [1.54, 1.807) is 19.2 Å².